The Labute approximate surface area is 244 Å². The van der Waals surface area contributed by atoms with Crippen LogP contribution in [0.4, 0.5) is 23.0 Å². The second-order valence-corrected chi connectivity index (χ2v) is 9.93. The maximum atomic E-state index is 13.2. The largest absolute Gasteiger partial charge is 0.378 e. The molecule has 0 saturated carbocycles. The van der Waals surface area contributed by atoms with Gasteiger partial charge >= 0.3 is 0 Å². The van der Waals surface area contributed by atoms with E-state index >= 15 is 0 Å². The average Bonchev–Trinajstić information content (AvgIpc) is 3.00. The van der Waals surface area contributed by atoms with Gasteiger partial charge in [0.25, 0.3) is 11.8 Å². The highest BCUT2D eigenvalue weighted by molar-refractivity contribution is 6.40. The van der Waals surface area contributed by atoms with Crippen molar-refractivity contribution >= 4 is 40.6 Å². The molecule has 0 aliphatic carbocycles. The van der Waals surface area contributed by atoms with E-state index in [2.05, 4.69) is 25.5 Å². The van der Waals surface area contributed by atoms with E-state index in [1.165, 1.54) is 6.92 Å². The van der Waals surface area contributed by atoms with Gasteiger partial charge in [0.1, 0.15) is 6.54 Å². The number of ether oxygens (including phenoxy) is 1. The van der Waals surface area contributed by atoms with Gasteiger partial charge in [-0.1, -0.05) is 12.1 Å². The molecule has 0 unspecified atom stereocenters. The topological polar surface area (TPSA) is 144 Å². The lowest BCUT2D eigenvalue weighted by Crippen LogP contribution is -2.38. The van der Waals surface area contributed by atoms with Crippen LogP contribution in [0.1, 0.15) is 17.3 Å². The van der Waals surface area contributed by atoms with Gasteiger partial charge in [0.05, 0.1) is 30.5 Å². The molecule has 0 spiro atoms. The van der Waals surface area contributed by atoms with Gasteiger partial charge in [-0.2, -0.15) is 5.26 Å². The van der Waals surface area contributed by atoms with Crippen molar-refractivity contribution in [2.24, 2.45) is 0 Å². The molecule has 3 aromatic rings. The number of ketones is 1. The molecule has 4 rings (SSSR count). The molecular formula is C30H34N8O4. The fourth-order valence-electron chi connectivity index (χ4n) is 4.43. The van der Waals surface area contributed by atoms with Gasteiger partial charge in [-0.15, -0.1) is 0 Å². The Hall–Kier alpha value is -4.86. The molecule has 0 atom stereocenters. The van der Waals surface area contributed by atoms with Crippen molar-refractivity contribution in [1.82, 2.24) is 20.2 Å². The summed E-state index contributed by atoms with van der Waals surface area (Å²) >= 11 is 0. The summed E-state index contributed by atoms with van der Waals surface area (Å²) in [5.74, 6) is -1.21. The van der Waals surface area contributed by atoms with Gasteiger partial charge in [0, 0.05) is 61.9 Å². The molecule has 218 valence electrons. The monoisotopic (exact) mass is 570 g/mol. The molecule has 0 radical (unpaired) electrons. The third-order valence-corrected chi connectivity index (χ3v) is 6.60. The Balaban J connectivity index is 1.55. The standard InChI is InChI=1S/C30H34N8O4/c1-21(39)29(41)38(14-11-31)24-7-4-22(5-8-24)26-10-12-33-30(35-26)34-23-6-9-27(37-16-18-42-19-17-37)25(20-23)28(40)32-13-15-36(2)3/h4-10,12,20H,13-19H2,1-3H3,(H,32,40)(H,33,34,35). The molecular weight excluding hydrogens is 536 g/mol. The number of benzene rings is 2. The number of carbonyl (C=O) groups is 3. The van der Waals surface area contributed by atoms with Crippen LogP contribution in [0, 0.1) is 11.3 Å². The van der Waals surface area contributed by atoms with Crippen molar-refractivity contribution in [2.75, 3.05) is 75.1 Å². The number of hydrogen-bond donors (Lipinski definition) is 2. The fourth-order valence-corrected chi connectivity index (χ4v) is 4.43. The molecule has 1 fully saturated rings. The van der Waals surface area contributed by atoms with Gasteiger partial charge in [0.15, 0.2) is 0 Å². The molecule has 2 N–H and O–H groups in total. The Morgan fingerprint density at radius 3 is 2.48 bits per heavy atom. The first-order chi connectivity index (χ1) is 20.3. The maximum Gasteiger partial charge on any atom is 0.294 e. The lowest BCUT2D eigenvalue weighted by atomic mass is 10.1. The minimum Gasteiger partial charge on any atom is -0.378 e. The molecule has 2 amide bonds. The van der Waals surface area contributed by atoms with Gasteiger partial charge < -0.3 is 25.2 Å². The summed E-state index contributed by atoms with van der Waals surface area (Å²) in [6, 6.07) is 16.1. The Morgan fingerprint density at radius 1 is 1.07 bits per heavy atom. The first-order valence-corrected chi connectivity index (χ1v) is 13.6. The molecule has 1 saturated heterocycles. The number of carbonyl (C=O) groups excluding carboxylic acids is 3. The molecule has 1 aliphatic rings. The summed E-state index contributed by atoms with van der Waals surface area (Å²) in [6.45, 7) is 4.79. The number of rotatable bonds is 11. The Kier molecular flexibility index (Phi) is 10.1. The summed E-state index contributed by atoms with van der Waals surface area (Å²) in [5.41, 5.74) is 3.86. The second kappa shape index (κ2) is 14.2. The lowest BCUT2D eigenvalue weighted by Gasteiger charge is -2.30. The fraction of sp³-hybridized carbons (Fsp3) is 0.333. The number of morpholine rings is 1. The molecule has 42 heavy (non-hydrogen) atoms. The van der Waals surface area contributed by atoms with E-state index in [1.807, 2.05) is 37.2 Å². The predicted octanol–water partition coefficient (Wildman–Crippen LogP) is 2.46. The third-order valence-electron chi connectivity index (χ3n) is 6.60. The Bertz CT molecular complexity index is 1460. The summed E-state index contributed by atoms with van der Waals surface area (Å²) in [6.07, 6.45) is 1.62. The van der Waals surface area contributed by atoms with Crippen LogP contribution >= 0.6 is 0 Å². The number of anilines is 4. The van der Waals surface area contributed by atoms with Crippen molar-refractivity contribution in [3.8, 4) is 17.3 Å². The van der Waals surface area contributed by atoms with Gasteiger partial charge in [-0.25, -0.2) is 9.97 Å². The van der Waals surface area contributed by atoms with Gasteiger partial charge in [-0.05, 0) is 50.5 Å². The average molecular weight is 571 g/mol. The zero-order chi connectivity index (χ0) is 30.1. The van der Waals surface area contributed by atoms with Crippen LogP contribution in [-0.4, -0.2) is 92.5 Å². The minimum atomic E-state index is -0.747. The number of nitrogens with one attached hydrogen (secondary N) is 2. The lowest BCUT2D eigenvalue weighted by molar-refractivity contribution is -0.134. The molecule has 12 heteroatoms. The van der Waals surface area contributed by atoms with E-state index in [0.29, 0.717) is 61.4 Å². The number of hydrogen-bond acceptors (Lipinski definition) is 10. The van der Waals surface area contributed by atoms with E-state index in [4.69, 9.17) is 10.00 Å². The smallest absolute Gasteiger partial charge is 0.294 e. The summed E-state index contributed by atoms with van der Waals surface area (Å²) in [7, 11) is 3.91. The highest BCUT2D eigenvalue weighted by Crippen LogP contribution is 2.28. The molecule has 12 nitrogen and oxygen atoms in total. The first-order valence-electron chi connectivity index (χ1n) is 13.6. The van der Waals surface area contributed by atoms with Crippen LogP contribution in [0.5, 0.6) is 0 Å². The highest BCUT2D eigenvalue weighted by Gasteiger charge is 2.21. The minimum absolute atomic E-state index is 0.162. The molecule has 1 aliphatic heterocycles. The van der Waals surface area contributed by atoms with Crippen molar-refractivity contribution in [3.05, 3.63) is 60.3 Å². The number of likely N-dealkylation sites (N-methyl/N-ethyl adjacent to an activating group) is 1. The van der Waals surface area contributed by atoms with Crippen molar-refractivity contribution in [1.29, 1.82) is 5.26 Å². The Morgan fingerprint density at radius 2 is 1.81 bits per heavy atom. The van der Waals surface area contributed by atoms with Crippen LogP contribution < -0.4 is 20.4 Å². The molecule has 0 bridgehead atoms. The SMILES string of the molecule is CC(=O)C(=O)N(CC#N)c1ccc(-c2ccnc(Nc3ccc(N4CCOCC4)c(C(=O)NCCN(C)C)c3)n2)cc1. The van der Waals surface area contributed by atoms with Crippen molar-refractivity contribution in [2.45, 2.75) is 6.92 Å². The van der Waals surface area contributed by atoms with Crippen LogP contribution in [0.25, 0.3) is 11.3 Å². The van der Waals surface area contributed by atoms with Crippen LogP contribution in [-0.2, 0) is 14.3 Å². The summed E-state index contributed by atoms with van der Waals surface area (Å²) in [5, 5.41) is 15.3. The van der Waals surface area contributed by atoms with E-state index < -0.39 is 11.7 Å². The van der Waals surface area contributed by atoms with Gasteiger partial charge in [-0.3, -0.25) is 19.3 Å². The predicted molar refractivity (Wildman–Crippen MR) is 160 cm³/mol. The second-order valence-electron chi connectivity index (χ2n) is 9.93. The molecule has 2 aromatic carbocycles. The number of aromatic nitrogens is 2. The van der Waals surface area contributed by atoms with Crippen LogP contribution in [0.2, 0.25) is 0 Å². The first kappa shape index (κ1) is 30.1. The van der Waals surface area contributed by atoms with Crippen molar-refractivity contribution in [3.63, 3.8) is 0 Å². The zero-order valence-corrected chi connectivity index (χ0v) is 24.0. The maximum absolute atomic E-state index is 13.2. The number of Topliss-reactive ketones (excluding diaryl/α,β-unsaturated/α-hetero) is 1. The molecule has 1 aromatic heterocycles. The summed E-state index contributed by atoms with van der Waals surface area (Å²) in [4.78, 5) is 51.3. The van der Waals surface area contributed by atoms with Crippen LogP contribution in [0.15, 0.2) is 54.7 Å². The van der Waals surface area contributed by atoms with Crippen molar-refractivity contribution < 1.29 is 19.1 Å². The quantitative estimate of drug-likeness (QED) is 0.261. The van der Waals surface area contributed by atoms with Gasteiger partial charge in [0.2, 0.25) is 11.7 Å². The zero-order valence-electron chi connectivity index (χ0n) is 24.0. The summed E-state index contributed by atoms with van der Waals surface area (Å²) < 4.78 is 5.49. The van der Waals surface area contributed by atoms with E-state index in [1.54, 1.807) is 42.6 Å². The number of amides is 2. The van der Waals surface area contributed by atoms with E-state index in [0.717, 1.165) is 22.7 Å². The normalized spacial score (nSPS) is 12.9. The molecule has 2 heterocycles. The van der Waals surface area contributed by atoms with Crippen LogP contribution in [0.3, 0.4) is 0 Å². The van der Waals surface area contributed by atoms with E-state index in [9.17, 15) is 14.4 Å². The number of nitriles is 1. The van der Waals surface area contributed by atoms with E-state index in [-0.39, 0.29) is 12.5 Å². The third kappa shape index (κ3) is 7.66. The highest BCUT2D eigenvalue weighted by atomic mass is 16.5. The number of nitrogens with zero attached hydrogens (tertiary/aromatic N) is 6.